The zero-order valence-electron chi connectivity index (χ0n) is 14.9. The molecule has 0 saturated carbocycles. The van der Waals surface area contributed by atoms with Gasteiger partial charge in [-0.1, -0.05) is 35.0 Å². The van der Waals surface area contributed by atoms with E-state index in [1.807, 2.05) is 24.3 Å². The summed E-state index contributed by atoms with van der Waals surface area (Å²) >= 11 is 4.80. The van der Waals surface area contributed by atoms with Crippen molar-refractivity contribution in [3.63, 3.8) is 0 Å². The summed E-state index contributed by atoms with van der Waals surface area (Å²) in [5.74, 6) is -0.305. The van der Waals surface area contributed by atoms with Crippen LogP contribution in [0.4, 0.5) is 5.00 Å². The molecule has 1 atom stereocenters. The molecule has 0 fully saturated rings. The zero-order valence-corrected chi connectivity index (χ0v) is 17.3. The van der Waals surface area contributed by atoms with Gasteiger partial charge in [0.05, 0.1) is 12.0 Å². The molecule has 27 heavy (non-hydrogen) atoms. The van der Waals surface area contributed by atoms with E-state index in [1.54, 1.807) is 0 Å². The Balaban J connectivity index is 1.56. The van der Waals surface area contributed by atoms with Crippen molar-refractivity contribution in [2.24, 2.45) is 5.92 Å². The summed E-state index contributed by atoms with van der Waals surface area (Å²) in [7, 11) is 0. The van der Waals surface area contributed by atoms with Crippen LogP contribution in [-0.2, 0) is 33.6 Å². The van der Waals surface area contributed by atoms with Crippen LogP contribution in [0.15, 0.2) is 28.7 Å². The first-order valence-electron chi connectivity index (χ1n) is 8.70. The Morgan fingerprint density at radius 2 is 2.11 bits per heavy atom. The maximum absolute atomic E-state index is 12.2. The summed E-state index contributed by atoms with van der Waals surface area (Å²) in [6, 6.07) is 9.54. The second kappa shape index (κ2) is 8.68. The van der Waals surface area contributed by atoms with Crippen molar-refractivity contribution in [2.75, 3.05) is 11.9 Å². The van der Waals surface area contributed by atoms with E-state index in [-0.39, 0.29) is 13.0 Å². The number of amides is 1. The Morgan fingerprint density at radius 1 is 1.37 bits per heavy atom. The van der Waals surface area contributed by atoms with Crippen molar-refractivity contribution in [1.29, 1.82) is 5.26 Å². The number of carbonyl (C=O) groups is 2. The van der Waals surface area contributed by atoms with Gasteiger partial charge < -0.3 is 10.1 Å². The van der Waals surface area contributed by atoms with Crippen molar-refractivity contribution in [3.8, 4) is 6.07 Å². The molecular weight excluding hydrogens is 428 g/mol. The molecule has 0 saturated heterocycles. The quantitative estimate of drug-likeness (QED) is 0.696. The van der Waals surface area contributed by atoms with Gasteiger partial charge in [-0.2, -0.15) is 5.26 Å². The average molecular weight is 447 g/mol. The number of rotatable bonds is 5. The second-order valence-electron chi connectivity index (χ2n) is 6.68. The number of nitriles is 1. The summed E-state index contributed by atoms with van der Waals surface area (Å²) in [6.07, 6.45) is 2.97. The molecule has 0 spiro atoms. The molecule has 0 unspecified atom stereocenters. The van der Waals surface area contributed by atoms with Crippen LogP contribution in [0.1, 0.15) is 34.9 Å². The largest absolute Gasteiger partial charge is 0.455 e. The number of halogens is 1. The minimum atomic E-state index is -0.465. The molecule has 1 N–H and O–H groups in total. The first kappa shape index (κ1) is 19.6. The number of nitrogens with zero attached hydrogens (tertiary/aromatic N) is 1. The van der Waals surface area contributed by atoms with Gasteiger partial charge >= 0.3 is 5.97 Å². The van der Waals surface area contributed by atoms with Crippen molar-refractivity contribution in [2.45, 2.75) is 32.6 Å². The van der Waals surface area contributed by atoms with E-state index >= 15 is 0 Å². The standard InChI is InChI=1S/C20H19BrN2O3S/c1-12-2-7-15-16(10-22)20(27-17(15)8-12)23-18(24)11-26-19(25)9-13-3-5-14(21)6-4-13/h3-6,12H,2,7-9,11H2,1H3,(H,23,24)/t12-/m1/s1. The van der Waals surface area contributed by atoms with E-state index < -0.39 is 11.9 Å². The number of hydrogen-bond donors (Lipinski definition) is 1. The number of nitrogens with one attached hydrogen (secondary N) is 1. The van der Waals surface area contributed by atoms with Crippen LogP contribution in [0.25, 0.3) is 0 Å². The Bertz CT molecular complexity index is 899. The Kier molecular flexibility index (Phi) is 6.30. The fourth-order valence-electron chi connectivity index (χ4n) is 3.09. The first-order chi connectivity index (χ1) is 13.0. The Hall–Kier alpha value is -2.17. The van der Waals surface area contributed by atoms with Crippen LogP contribution < -0.4 is 5.32 Å². The molecule has 5 nitrogen and oxygen atoms in total. The van der Waals surface area contributed by atoms with Gasteiger partial charge in [0.2, 0.25) is 0 Å². The van der Waals surface area contributed by atoms with Crippen molar-refractivity contribution in [1.82, 2.24) is 0 Å². The molecule has 1 aromatic carbocycles. The number of benzene rings is 1. The predicted octanol–water partition coefficient (Wildman–Crippen LogP) is 4.23. The van der Waals surface area contributed by atoms with Crippen LogP contribution in [0.5, 0.6) is 0 Å². The topological polar surface area (TPSA) is 79.2 Å². The minimum absolute atomic E-state index is 0.106. The van der Waals surface area contributed by atoms with E-state index in [1.165, 1.54) is 16.2 Å². The number of anilines is 1. The van der Waals surface area contributed by atoms with Gasteiger partial charge in [0.1, 0.15) is 11.1 Å². The lowest BCUT2D eigenvalue weighted by atomic mass is 9.89. The molecule has 0 bridgehead atoms. The number of esters is 1. The van der Waals surface area contributed by atoms with Gasteiger partial charge in [0.25, 0.3) is 5.91 Å². The average Bonchev–Trinajstić information content (AvgIpc) is 2.97. The summed E-state index contributed by atoms with van der Waals surface area (Å²) in [5.41, 5.74) is 2.43. The van der Waals surface area contributed by atoms with Gasteiger partial charge in [-0.25, -0.2) is 0 Å². The molecule has 1 aliphatic carbocycles. The fraction of sp³-hybridized carbons (Fsp3) is 0.350. The third kappa shape index (κ3) is 4.96. The van der Waals surface area contributed by atoms with Crippen molar-refractivity contribution >= 4 is 44.1 Å². The molecule has 7 heteroatoms. The second-order valence-corrected chi connectivity index (χ2v) is 8.70. The zero-order chi connectivity index (χ0) is 19.4. The molecule has 140 valence electrons. The van der Waals surface area contributed by atoms with Gasteiger partial charge in [-0.15, -0.1) is 11.3 Å². The van der Waals surface area contributed by atoms with Gasteiger partial charge in [0, 0.05) is 9.35 Å². The molecule has 0 radical (unpaired) electrons. The molecular formula is C20H19BrN2O3S. The minimum Gasteiger partial charge on any atom is -0.455 e. The van der Waals surface area contributed by atoms with Gasteiger partial charge in [0.15, 0.2) is 6.61 Å². The summed E-state index contributed by atoms with van der Waals surface area (Å²) < 4.78 is 5.99. The lowest BCUT2D eigenvalue weighted by molar-refractivity contribution is -0.146. The molecule has 2 aromatic rings. The highest BCUT2D eigenvalue weighted by molar-refractivity contribution is 9.10. The predicted molar refractivity (Wildman–Crippen MR) is 108 cm³/mol. The third-order valence-corrected chi connectivity index (χ3v) is 6.20. The van der Waals surface area contributed by atoms with Crippen LogP contribution in [0, 0.1) is 17.2 Å². The molecule has 1 amide bonds. The first-order valence-corrected chi connectivity index (χ1v) is 10.3. The number of fused-ring (bicyclic) bond motifs is 1. The monoisotopic (exact) mass is 446 g/mol. The summed E-state index contributed by atoms with van der Waals surface area (Å²) in [6.45, 7) is 1.83. The van der Waals surface area contributed by atoms with E-state index in [4.69, 9.17) is 4.74 Å². The Morgan fingerprint density at radius 3 is 2.81 bits per heavy atom. The highest BCUT2D eigenvalue weighted by Crippen LogP contribution is 2.39. The molecule has 1 aromatic heterocycles. The molecule has 0 aliphatic heterocycles. The summed E-state index contributed by atoms with van der Waals surface area (Å²) in [4.78, 5) is 25.2. The third-order valence-electron chi connectivity index (χ3n) is 4.50. The summed E-state index contributed by atoms with van der Waals surface area (Å²) in [5, 5.41) is 12.8. The normalized spacial score (nSPS) is 15.5. The van der Waals surface area contributed by atoms with Crippen LogP contribution in [0.2, 0.25) is 0 Å². The van der Waals surface area contributed by atoms with Crippen molar-refractivity contribution in [3.05, 3.63) is 50.3 Å². The Labute approximate surface area is 170 Å². The van der Waals surface area contributed by atoms with E-state index in [0.29, 0.717) is 16.5 Å². The molecule has 3 rings (SSSR count). The van der Waals surface area contributed by atoms with Gasteiger partial charge in [-0.3, -0.25) is 9.59 Å². The van der Waals surface area contributed by atoms with Gasteiger partial charge in [-0.05, 0) is 48.4 Å². The van der Waals surface area contributed by atoms with Crippen molar-refractivity contribution < 1.29 is 14.3 Å². The highest BCUT2D eigenvalue weighted by Gasteiger charge is 2.24. The fourth-order valence-corrected chi connectivity index (χ4v) is 4.73. The number of ether oxygens (including phenoxy) is 1. The van der Waals surface area contributed by atoms with Crippen LogP contribution in [0.3, 0.4) is 0 Å². The van der Waals surface area contributed by atoms with E-state index in [2.05, 4.69) is 34.2 Å². The van der Waals surface area contributed by atoms with E-state index in [0.717, 1.165) is 34.9 Å². The lowest BCUT2D eigenvalue weighted by Crippen LogP contribution is -2.21. The maximum atomic E-state index is 12.2. The number of carbonyl (C=O) groups excluding carboxylic acids is 2. The highest BCUT2D eigenvalue weighted by atomic mass is 79.9. The smallest absolute Gasteiger partial charge is 0.310 e. The number of hydrogen-bond acceptors (Lipinski definition) is 5. The molecule has 1 heterocycles. The molecule has 1 aliphatic rings. The maximum Gasteiger partial charge on any atom is 0.310 e. The van der Waals surface area contributed by atoms with Crippen LogP contribution in [-0.4, -0.2) is 18.5 Å². The number of thiophene rings is 1. The van der Waals surface area contributed by atoms with E-state index in [9.17, 15) is 14.9 Å². The van der Waals surface area contributed by atoms with Crippen LogP contribution >= 0.6 is 27.3 Å². The lowest BCUT2D eigenvalue weighted by Gasteiger charge is -2.17. The SMILES string of the molecule is C[C@@H]1CCc2c(sc(NC(=O)COC(=O)Cc3ccc(Br)cc3)c2C#N)C1.